The molecule has 0 unspecified atom stereocenters. The predicted molar refractivity (Wildman–Crippen MR) is 145 cm³/mol. The highest BCUT2D eigenvalue weighted by Gasteiger charge is 2.41. The van der Waals surface area contributed by atoms with Crippen molar-refractivity contribution in [1.29, 1.82) is 0 Å². The van der Waals surface area contributed by atoms with Gasteiger partial charge in [0.15, 0.2) is 5.11 Å². The fourth-order valence-corrected chi connectivity index (χ4v) is 4.93. The van der Waals surface area contributed by atoms with Crippen LogP contribution in [0.25, 0.3) is 5.69 Å². The maximum absolute atomic E-state index is 12.7. The molecule has 186 valence electrons. The topological polar surface area (TPSA) is 99.5 Å². The third-order valence-corrected chi connectivity index (χ3v) is 6.64. The summed E-state index contributed by atoms with van der Waals surface area (Å²) in [5.74, 6) is -1.10. The first-order chi connectivity index (χ1) is 18.0. The number of carbonyl (C=O) groups excluding carboxylic acids is 1. The number of anilines is 1. The SMILES string of the molecule is O=C(CCN1C(=S)N[C@@H](c2ccccn2)[C@@H]1c1cccn1-c1cccc(C(=O)O)c1)Nc1ccccc1. The number of amides is 1. The van der Waals surface area contributed by atoms with E-state index in [1.54, 1.807) is 24.4 Å². The molecule has 0 radical (unpaired) electrons. The lowest BCUT2D eigenvalue weighted by atomic mass is 10.0. The molecular formula is C28H25N5O3S. The van der Waals surface area contributed by atoms with Crippen LogP contribution in [0.4, 0.5) is 5.69 Å². The smallest absolute Gasteiger partial charge is 0.335 e. The molecule has 4 aromatic rings. The van der Waals surface area contributed by atoms with Crippen molar-refractivity contribution >= 4 is 34.9 Å². The van der Waals surface area contributed by atoms with Gasteiger partial charge in [0, 0.05) is 42.4 Å². The average Bonchev–Trinajstić information content (AvgIpc) is 3.53. The van der Waals surface area contributed by atoms with Crippen molar-refractivity contribution < 1.29 is 14.7 Å². The van der Waals surface area contributed by atoms with Gasteiger partial charge in [-0.25, -0.2) is 4.79 Å². The summed E-state index contributed by atoms with van der Waals surface area (Å²) in [5.41, 5.74) is 3.38. The van der Waals surface area contributed by atoms with Gasteiger partial charge in [-0.2, -0.15) is 0 Å². The first-order valence-electron chi connectivity index (χ1n) is 11.9. The molecule has 1 amide bonds. The molecule has 8 nitrogen and oxygen atoms in total. The number of aromatic nitrogens is 2. The van der Waals surface area contributed by atoms with Crippen LogP contribution in [0.5, 0.6) is 0 Å². The highest BCUT2D eigenvalue weighted by molar-refractivity contribution is 7.80. The number of carbonyl (C=O) groups is 2. The number of pyridine rings is 1. The maximum atomic E-state index is 12.7. The number of benzene rings is 2. The summed E-state index contributed by atoms with van der Waals surface area (Å²) < 4.78 is 1.96. The van der Waals surface area contributed by atoms with Gasteiger partial charge in [0.2, 0.25) is 5.91 Å². The predicted octanol–water partition coefficient (Wildman–Crippen LogP) is 4.57. The first kappa shape index (κ1) is 24.2. The van der Waals surface area contributed by atoms with E-state index in [0.717, 1.165) is 22.8 Å². The summed E-state index contributed by atoms with van der Waals surface area (Å²) in [7, 11) is 0. The van der Waals surface area contributed by atoms with Crippen molar-refractivity contribution in [1.82, 2.24) is 19.8 Å². The van der Waals surface area contributed by atoms with Crippen LogP contribution in [-0.4, -0.2) is 43.1 Å². The van der Waals surface area contributed by atoms with E-state index in [0.29, 0.717) is 11.7 Å². The van der Waals surface area contributed by atoms with Gasteiger partial charge in [-0.05, 0) is 66.8 Å². The molecule has 1 saturated heterocycles. The Morgan fingerprint density at radius 2 is 1.81 bits per heavy atom. The number of thiocarbonyl (C=S) groups is 1. The van der Waals surface area contributed by atoms with Crippen LogP contribution in [-0.2, 0) is 4.79 Å². The van der Waals surface area contributed by atoms with Crippen LogP contribution in [0.1, 0.15) is 40.3 Å². The van der Waals surface area contributed by atoms with Gasteiger partial charge in [0.05, 0.1) is 23.3 Å². The van der Waals surface area contributed by atoms with Crippen LogP contribution in [0, 0.1) is 0 Å². The number of nitrogens with one attached hydrogen (secondary N) is 2. The van der Waals surface area contributed by atoms with Crippen LogP contribution in [0.2, 0.25) is 0 Å². The minimum Gasteiger partial charge on any atom is -0.478 e. The standard InChI is InChI=1S/C28H25N5O3S/c34-24(30-20-9-2-1-3-10-20)14-17-33-26(25(31-28(33)37)22-12-4-5-15-29-22)23-13-7-16-32(23)21-11-6-8-19(18-21)27(35)36/h1-13,15-16,18,25-26H,14,17H2,(H,30,34)(H,31,37)(H,35,36)/t25-,26-/m0/s1. The average molecular weight is 512 g/mol. The summed E-state index contributed by atoms with van der Waals surface area (Å²) in [6.45, 7) is 0.388. The van der Waals surface area contributed by atoms with Crippen molar-refractivity contribution in [2.24, 2.45) is 0 Å². The molecule has 0 aliphatic carbocycles. The summed E-state index contributed by atoms with van der Waals surface area (Å²) >= 11 is 5.73. The lowest BCUT2D eigenvalue weighted by Crippen LogP contribution is -2.33. The number of hydrogen-bond acceptors (Lipinski definition) is 4. The molecule has 0 saturated carbocycles. The van der Waals surface area contributed by atoms with E-state index in [1.165, 1.54) is 0 Å². The monoisotopic (exact) mass is 511 g/mol. The molecule has 1 aliphatic heterocycles. The summed E-state index contributed by atoms with van der Waals surface area (Å²) in [5, 5.41) is 16.3. The Bertz CT molecular complexity index is 1420. The van der Waals surface area contributed by atoms with Gasteiger partial charge in [-0.1, -0.05) is 30.3 Å². The van der Waals surface area contributed by atoms with Crippen molar-refractivity contribution in [3.8, 4) is 5.69 Å². The van der Waals surface area contributed by atoms with Gasteiger partial charge in [-0.3, -0.25) is 9.78 Å². The Hall–Kier alpha value is -4.50. The Morgan fingerprint density at radius 1 is 1.00 bits per heavy atom. The van der Waals surface area contributed by atoms with Crippen molar-refractivity contribution in [3.05, 3.63) is 114 Å². The largest absolute Gasteiger partial charge is 0.478 e. The van der Waals surface area contributed by atoms with Crippen LogP contribution in [0.3, 0.4) is 0 Å². The molecule has 2 atom stereocenters. The van der Waals surface area contributed by atoms with Gasteiger partial charge >= 0.3 is 5.97 Å². The van der Waals surface area contributed by atoms with Gasteiger partial charge in [0.25, 0.3) is 0 Å². The van der Waals surface area contributed by atoms with Crippen LogP contribution < -0.4 is 10.6 Å². The van der Waals surface area contributed by atoms with E-state index in [-0.39, 0.29) is 30.0 Å². The van der Waals surface area contributed by atoms with E-state index in [9.17, 15) is 14.7 Å². The maximum Gasteiger partial charge on any atom is 0.335 e. The number of para-hydroxylation sites is 1. The molecule has 37 heavy (non-hydrogen) atoms. The number of carboxylic acid groups (broad SMARTS) is 1. The molecule has 2 aromatic carbocycles. The van der Waals surface area contributed by atoms with E-state index >= 15 is 0 Å². The van der Waals surface area contributed by atoms with Crippen LogP contribution in [0.15, 0.2) is 97.3 Å². The van der Waals surface area contributed by atoms with Gasteiger partial charge in [-0.15, -0.1) is 0 Å². The fourth-order valence-electron chi connectivity index (χ4n) is 4.59. The van der Waals surface area contributed by atoms with Gasteiger partial charge in [0.1, 0.15) is 0 Å². The second kappa shape index (κ2) is 10.6. The highest BCUT2D eigenvalue weighted by Crippen LogP contribution is 2.39. The molecule has 5 rings (SSSR count). The summed E-state index contributed by atoms with van der Waals surface area (Å²) in [6.07, 6.45) is 3.87. The zero-order valence-electron chi connectivity index (χ0n) is 19.8. The second-order valence-corrected chi connectivity index (χ2v) is 9.03. The minimum absolute atomic E-state index is 0.112. The second-order valence-electron chi connectivity index (χ2n) is 8.64. The van der Waals surface area contributed by atoms with Crippen molar-refractivity contribution in [3.63, 3.8) is 0 Å². The van der Waals surface area contributed by atoms with E-state index in [2.05, 4.69) is 15.6 Å². The molecule has 3 N–H and O–H groups in total. The molecule has 1 fully saturated rings. The Balaban J connectivity index is 1.47. The molecule has 9 heteroatoms. The summed E-state index contributed by atoms with van der Waals surface area (Å²) in [6, 6.07) is 25.2. The number of rotatable bonds is 8. The quantitative estimate of drug-likeness (QED) is 0.298. The zero-order valence-corrected chi connectivity index (χ0v) is 20.6. The molecule has 3 heterocycles. The molecule has 1 aliphatic rings. The zero-order chi connectivity index (χ0) is 25.8. The van der Waals surface area contributed by atoms with Gasteiger partial charge < -0.3 is 25.2 Å². The summed E-state index contributed by atoms with van der Waals surface area (Å²) in [4.78, 5) is 30.9. The molecular weight excluding hydrogens is 486 g/mol. The molecule has 2 aromatic heterocycles. The Labute approximate surface area is 219 Å². The Morgan fingerprint density at radius 3 is 2.57 bits per heavy atom. The highest BCUT2D eigenvalue weighted by atomic mass is 32.1. The van der Waals surface area contributed by atoms with E-state index in [1.807, 2.05) is 82.4 Å². The minimum atomic E-state index is -0.989. The normalized spacial score (nSPS) is 16.9. The lowest BCUT2D eigenvalue weighted by molar-refractivity contribution is -0.116. The number of nitrogens with zero attached hydrogens (tertiary/aromatic N) is 3. The first-order valence-corrected chi connectivity index (χ1v) is 12.3. The van der Waals surface area contributed by atoms with Crippen molar-refractivity contribution in [2.45, 2.75) is 18.5 Å². The number of aromatic carboxylic acids is 1. The third kappa shape index (κ3) is 5.22. The third-order valence-electron chi connectivity index (χ3n) is 6.29. The molecule has 0 spiro atoms. The van der Waals surface area contributed by atoms with Crippen molar-refractivity contribution in [2.75, 3.05) is 11.9 Å². The van der Waals surface area contributed by atoms with E-state index < -0.39 is 5.97 Å². The van der Waals surface area contributed by atoms with E-state index in [4.69, 9.17) is 12.2 Å². The number of carboxylic acids is 1. The molecule has 0 bridgehead atoms. The lowest BCUT2D eigenvalue weighted by Gasteiger charge is -2.29. The fraction of sp³-hybridized carbons (Fsp3) is 0.143. The Kier molecular flexibility index (Phi) is 6.96. The van der Waals surface area contributed by atoms with Crippen LogP contribution >= 0.6 is 12.2 Å². The number of hydrogen-bond donors (Lipinski definition) is 3.